The Morgan fingerprint density at radius 2 is 2.00 bits per heavy atom. The zero-order valence-electron chi connectivity index (χ0n) is 16.5. The standard InChI is InChI=1S/C18H26N2O10/c1-8(29-15-13(20-2)18(26)30-12(6-21)14(15)23)16(24)27-7-28-17(25)10-5-9(19)3-4-11(10)22/h3-5,8,12-15,18,20-23,26H,6-7,19H2,1-2H3/p+1/t8?,12?,13?,14-,15+,18+/m1/s1. The second-order valence-corrected chi connectivity index (χ2v) is 6.68. The first-order chi connectivity index (χ1) is 14.2. The van der Waals surface area contributed by atoms with E-state index in [1.165, 1.54) is 25.1 Å². The summed E-state index contributed by atoms with van der Waals surface area (Å²) in [5, 5.41) is 40.8. The van der Waals surface area contributed by atoms with Gasteiger partial charge in [0.15, 0.2) is 12.1 Å². The van der Waals surface area contributed by atoms with Gasteiger partial charge in [0.25, 0.3) is 0 Å². The molecule has 6 atom stereocenters. The number of carbonyl (C=O) groups excluding carboxylic acids is 2. The molecule has 12 heteroatoms. The minimum atomic E-state index is -1.34. The fraction of sp³-hybridized carbons (Fsp3) is 0.556. The molecule has 0 aliphatic carbocycles. The van der Waals surface area contributed by atoms with E-state index >= 15 is 0 Å². The molecule has 0 bridgehead atoms. The third kappa shape index (κ3) is 5.56. The number of nitrogens with two attached hydrogens (primary N) is 2. The summed E-state index contributed by atoms with van der Waals surface area (Å²) in [6.45, 7) is 0.0460. The minimum Gasteiger partial charge on any atom is -0.507 e. The summed E-state index contributed by atoms with van der Waals surface area (Å²) in [5.41, 5.74) is 5.59. The summed E-state index contributed by atoms with van der Waals surface area (Å²) < 4.78 is 20.3. The second-order valence-electron chi connectivity index (χ2n) is 6.68. The molecular formula is C18H27N2O10+. The molecule has 1 aromatic rings. The average molecular weight is 431 g/mol. The van der Waals surface area contributed by atoms with Crippen LogP contribution < -0.4 is 11.1 Å². The molecule has 1 aromatic carbocycles. The van der Waals surface area contributed by atoms with Crippen molar-refractivity contribution < 1.29 is 54.3 Å². The van der Waals surface area contributed by atoms with Crippen molar-refractivity contribution in [2.75, 3.05) is 26.2 Å². The van der Waals surface area contributed by atoms with E-state index in [1.807, 2.05) is 0 Å². The van der Waals surface area contributed by atoms with E-state index in [9.17, 15) is 30.0 Å². The van der Waals surface area contributed by atoms with Crippen LogP contribution in [0.1, 0.15) is 17.3 Å². The lowest BCUT2D eigenvalue weighted by Gasteiger charge is -2.40. The number of benzene rings is 1. The van der Waals surface area contributed by atoms with E-state index in [0.717, 1.165) is 0 Å². The summed E-state index contributed by atoms with van der Waals surface area (Å²) in [4.78, 5) is 24.1. The van der Waals surface area contributed by atoms with Gasteiger partial charge < -0.3 is 50.4 Å². The first kappa shape index (κ1) is 23.8. The first-order valence-corrected chi connectivity index (χ1v) is 9.19. The molecule has 3 unspecified atom stereocenters. The summed E-state index contributed by atoms with van der Waals surface area (Å²) in [6.07, 6.45) is -5.98. The number of ether oxygens (including phenoxy) is 4. The largest absolute Gasteiger partial charge is 0.507 e. The van der Waals surface area contributed by atoms with Crippen LogP contribution in [0.3, 0.4) is 0 Å². The van der Waals surface area contributed by atoms with Crippen molar-refractivity contribution in [3.05, 3.63) is 23.8 Å². The van der Waals surface area contributed by atoms with Gasteiger partial charge in [0.1, 0.15) is 29.6 Å². The van der Waals surface area contributed by atoms with Crippen LogP contribution in [-0.4, -0.2) is 89.6 Å². The number of quaternary nitrogens is 1. The number of phenols is 1. The van der Waals surface area contributed by atoms with Crippen LogP contribution in [0.5, 0.6) is 5.75 Å². The number of aromatic hydroxyl groups is 1. The molecule has 0 spiro atoms. The molecule has 168 valence electrons. The molecule has 8 N–H and O–H groups in total. The van der Waals surface area contributed by atoms with Gasteiger partial charge >= 0.3 is 11.9 Å². The Bertz CT molecular complexity index is 746. The Labute approximate surface area is 172 Å². The molecule has 30 heavy (non-hydrogen) atoms. The number of nitrogen functional groups attached to an aromatic ring is 1. The van der Waals surface area contributed by atoms with Gasteiger partial charge in [-0.15, -0.1) is 0 Å². The van der Waals surface area contributed by atoms with Gasteiger partial charge in [-0.1, -0.05) is 0 Å². The molecule has 0 radical (unpaired) electrons. The maximum atomic E-state index is 12.1. The predicted molar refractivity (Wildman–Crippen MR) is 98.8 cm³/mol. The van der Waals surface area contributed by atoms with Gasteiger partial charge in [-0.2, -0.15) is 0 Å². The van der Waals surface area contributed by atoms with E-state index < -0.39 is 62.1 Å². The maximum Gasteiger partial charge on any atom is 0.344 e. The quantitative estimate of drug-likeness (QED) is 0.106. The number of carbonyl (C=O) groups is 2. The highest BCUT2D eigenvalue weighted by atomic mass is 16.7. The molecule has 1 aliphatic rings. The second kappa shape index (κ2) is 10.5. The van der Waals surface area contributed by atoms with Crippen LogP contribution in [0, 0.1) is 0 Å². The van der Waals surface area contributed by atoms with Crippen LogP contribution in [0.2, 0.25) is 0 Å². The average Bonchev–Trinajstić information content (AvgIpc) is 2.71. The fourth-order valence-electron chi connectivity index (χ4n) is 2.97. The molecule has 12 nitrogen and oxygen atoms in total. The number of esters is 2. The van der Waals surface area contributed by atoms with Crippen LogP contribution in [0.4, 0.5) is 5.69 Å². The smallest absolute Gasteiger partial charge is 0.344 e. The number of phenolic OH excluding ortho intramolecular Hbond substituents is 1. The molecule has 1 heterocycles. The van der Waals surface area contributed by atoms with Gasteiger partial charge in [-0.3, -0.25) is 0 Å². The fourth-order valence-corrected chi connectivity index (χ4v) is 2.97. The number of rotatable bonds is 8. The lowest BCUT2D eigenvalue weighted by Crippen LogP contribution is -2.94. The number of likely N-dealkylation sites (N-methyl/N-ethyl adjacent to an activating group) is 1. The number of hydrogen-bond donors (Lipinski definition) is 6. The normalized spacial score (nSPS) is 27.3. The van der Waals surface area contributed by atoms with Gasteiger partial charge in [0.2, 0.25) is 13.1 Å². The number of anilines is 1. The van der Waals surface area contributed by atoms with Crippen LogP contribution in [0.15, 0.2) is 18.2 Å². The maximum absolute atomic E-state index is 12.1. The topological polar surface area (TPSA) is 195 Å². The monoisotopic (exact) mass is 431 g/mol. The van der Waals surface area contributed by atoms with Crippen molar-refractivity contribution in [1.82, 2.24) is 0 Å². The van der Waals surface area contributed by atoms with Gasteiger partial charge in [-0.05, 0) is 25.1 Å². The molecule has 1 fully saturated rings. The summed E-state index contributed by atoms with van der Waals surface area (Å²) in [5.74, 6) is -2.19. The van der Waals surface area contributed by atoms with E-state index in [-0.39, 0.29) is 17.0 Å². The first-order valence-electron chi connectivity index (χ1n) is 9.19. The van der Waals surface area contributed by atoms with Crippen LogP contribution in [-0.2, 0) is 23.7 Å². The summed E-state index contributed by atoms with van der Waals surface area (Å²) in [6, 6.07) is 3.07. The van der Waals surface area contributed by atoms with E-state index in [4.69, 9.17) is 24.7 Å². The zero-order valence-corrected chi connectivity index (χ0v) is 16.5. The third-order valence-corrected chi connectivity index (χ3v) is 4.63. The highest BCUT2D eigenvalue weighted by molar-refractivity contribution is 5.93. The lowest BCUT2D eigenvalue weighted by atomic mass is 9.96. The van der Waals surface area contributed by atoms with E-state index in [2.05, 4.69) is 0 Å². The Kier molecular flexibility index (Phi) is 8.34. The molecule has 2 rings (SSSR count). The van der Waals surface area contributed by atoms with Crippen molar-refractivity contribution in [3.8, 4) is 5.75 Å². The Morgan fingerprint density at radius 3 is 2.63 bits per heavy atom. The van der Waals surface area contributed by atoms with Crippen molar-refractivity contribution >= 4 is 17.6 Å². The van der Waals surface area contributed by atoms with Crippen molar-refractivity contribution in [2.45, 2.75) is 43.7 Å². The molecule has 0 amide bonds. The number of aliphatic hydroxyl groups is 3. The Balaban J connectivity index is 1.90. The van der Waals surface area contributed by atoms with E-state index in [0.29, 0.717) is 0 Å². The van der Waals surface area contributed by atoms with Crippen LogP contribution in [0.25, 0.3) is 0 Å². The zero-order chi connectivity index (χ0) is 22.4. The summed E-state index contributed by atoms with van der Waals surface area (Å²) >= 11 is 0. The van der Waals surface area contributed by atoms with Crippen molar-refractivity contribution in [2.24, 2.45) is 0 Å². The Morgan fingerprint density at radius 1 is 1.30 bits per heavy atom. The van der Waals surface area contributed by atoms with Crippen LogP contribution >= 0.6 is 0 Å². The minimum absolute atomic E-state index is 0.189. The van der Waals surface area contributed by atoms with E-state index in [1.54, 1.807) is 12.4 Å². The van der Waals surface area contributed by atoms with Crippen molar-refractivity contribution in [3.63, 3.8) is 0 Å². The predicted octanol–water partition coefficient (Wildman–Crippen LogP) is -2.96. The lowest BCUT2D eigenvalue weighted by molar-refractivity contribution is -0.695. The molecule has 0 aromatic heterocycles. The highest BCUT2D eigenvalue weighted by Crippen LogP contribution is 2.22. The Hall–Kier alpha value is -2.48. The molecule has 1 aliphatic heterocycles. The third-order valence-electron chi connectivity index (χ3n) is 4.63. The molecule has 0 saturated carbocycles. The molecular weight excluding hydrogens is 404 g/mol. The number of aliphatic hydroxyl groups excluding tert-OH is 3. The van der Waals surface area contributed by atoms with Crippen molar-refractivity contribution in [1.29, 1.82) is 0 Å². The summed E-state index contributed by atoms with van der Waals surface area (Å²) in [7, 11) is 1.62. The van der Waals surface area contributed by atoms with Gasteiger partial charge in [-0.25, -0.2) is 9.59 Å². The number of hydrogen-bond acceptors (Lipinski definition) is 11. The molecule has 1 saturated heterocycles. The van der Waals surface area contributed by atoms with Gasteiger partial charge in [0.05, 0.1) is 13.7 Å². The van der Waals surface area contributed by atoms with Gasteiger partial charge in [0, 0.05) is 5.69 Å². The SMILES string of the molecule is C[NH2+]C1[C@@H](O)OC(CO)[C@@H](O)[C@H]1OC(C)C(=O)OCOC(=O)c1cc(N)ccc1O. The highest BCUT2D eigenvalue weighted by Gasteiger charge is 2.48.